The molecule has 0 saturated heterocycles. The van der Waals surface area contributed by atoms with E-state index in [4.69, 9.17) is 9.88 Å². The Morgan fingerprint density at radius 3 is 2.18 bits per heavy atom. The van der Waals surface area contributed by atoms with E-state index in [1.165, 1.54) is 0 Å². The summed E-state index contributed by atoms with van der Waals surface area (Å²) in [6, 6.07) is 0. The van der Waals surface area contributed by atoms with Crippen LogP contribution < -0.4 is 5.14 Å². The maximum Gasteiger partial charge on any atom is 0.209 e. The van der Waals surface area contributed by atoms with Crippen LogP contribution in [0.5, 0.6) is 0 Å². The van der Waals surface area contributed by atoms with E-state index in [0.717, 1.165) is 12.8 Å². The van der Waals surface area contributed by atoms with Gasteiger partial charge >= 0.3 is 0 Å². The molecule has 0 saturated carbocycles. The van der Waals surface area contributed by atoms with E-state index >= 15 is 0 Å². The highest BCUT2D eigenvalue weighted by molar-refractivity contribution is 7.89. The SMILES string of the molecule is CCCC(C)COCC(CS(N)(=O)=O)C(C)C. The molecule has 0 bridgehead atoms. The fourth-order valence-corrected chi connectivity index (χ4v) is 2.81. The minimum absolute atomic E-state index is 0.00677. The molecular weight excluding hydrogens is 238 g/mol. The molecule has 0 amide bonds. The van der Waals surface area contributed by atoms with Gasteiger partial charge in [-0.05, 0) is 24.2 Å². The van der Waals surface area contributed by atoms with Crippen LogP contribution >= 0.6 is 0 Å². The van der Waals surface area contributed by atoms with Crippen LogP contribution in [0.3, 0.4) is 0 Å². The molecule has 104 valence electrons. The van der Waals surface area contributed by atoms with E-state index in [2.05, 4.69) is 13.8 Å². The predicted octanol–water partition coefficient (Wildman–Crippen LogP) is 2.00. The topological polar surface area (TPSA) is 69.4 Å². The lowest BCUT2D eigenvalue weighted by molar-refractivity contribution is 0.0664. The quantitative estimate of drug-likeness (QED) is 0.693. The van der Waals surface area contributed by atoms with Gasteiger partial charge in [0.2, 0.25) is 10.0 Å². The summed E-state index contributed by atoms with van der Waals surface area (Å²) in [5.41, 5.74) is 0. The summed E-state index contributed by atoms with van der Waals surface area (Å²) >= 11 is 0. The smallest absolute Gasteiger partial charge is 0.209 e. The van der Waals surface area contributed by atoms with Gasteiger partial charge < -0.3 is 4.74 Å². The Morgan fingerprint density at radius 2 is 1.76 bits per heavy atom. The molecule has 0 aliphatic rings. The third kappa shape index (κ3) is 9.56. The normalized spacial score (nSPS) is 16.1. The lowest BCUT2D eigenvalue weighted by Crippen LogP contribution is -2.29. The second-order valence-corrected chi connectivity index (χ2v) is 6.92. The van der Waals surface area contributed by atoms with Crippen LogP contribution in [0.15, 0.2) is 0 Å². The van der Waals surface area contributed by atoms with E-state index < -0.39 is 10.0 Å². The molecule has 0 radical (unpaired) electrons. The minimum atomic E-state index is -3.41. The molecule has 0 spiro atoms. The first kappa shape index (κ1) is 16.9. The van der Waals surface area contributed by atoms with Crippen molar-refractivity contribution in [3.8, 4) is 0 Å². The maximum atomic E-state index is 11.1. The van der Waals surface area contributed by atoms with E-state index in [0.29, 0.717) is 19.1 Å². The molecule has 2 atom stereocenters. The molecule has 0 aliphatic heterocycles. The summed E-state index contributed by atoms with van der Waals surface area (Å²) in [7, 11) is -3.41. The average Bonchev–Trinajstić information content (AvgIpc) is 2.14. The Kier molecular flexibility index (Phi) is 8.00. The van der Waals surface area contributed by atoms with Crippen LogP contribution in [-0.2, 0) is 14.8 Å². The summed E-state index contributed by atoms with van der Waals surface area (Å²) < 4.78 is 27.7. The lowest BCUT2D eigenvalue weighted by atomic mass is 9.99. The molecule has 0 fully saturated rings. The summed E-state index contributed by atoms with van der Waals surface area (Å²) in [5, 5.41) is 5.07. The molecule has 0 aromatic heterocycles. The standard InChI is InChI=1S/C12H27NO3S/c1-5-6-11(4)7-16-8-12(10(2)3)9-17(13,14)15/h10-12H,5-9H2,1-4H3,(H2,13,14,15). The van der Waals surface area contributed by atoms with Crippen LogP contribution in [0.25, 0.3) is 0 Å². The van der Waals surface area contributed by atoms with E-state index in [9.17, 15) is 8.42 Å². The number of rotatable bonds is 9. The van der Waals surface area contributed by atoms with Crippen LogP contribution in [0.1, 0.15) is 40.5 Å². The Labute approximate surface area is 106 Å². The fourth-order valence-electron chi connectivity index (χ4n) is 1.73. The summed E-state index contributed by atoms with van der Waals surface area (Å²) in [4.78, 5) is 0. The van der Waals surface area contributed by atoms with Gasteiger partial charge in [0, 0.05) is 6.61 Å². The third-order valence-corrected chi connectivity index (χ3v) is 3.80. The van der Waals surface area contributed by atoms with Crippen LogP contribution in [0.4, 0.5) is 0 Å². The molecular formula is C12H27NO3S. The van der Waals surface area contributed by atoms with Crippen molar-refractivity contribution in [2.75, 3.05) is 19.0 Å². The zero-order chi connectivity index (χ0) is 13.5. The van der Waals surface area contributed by atoms with Gasteiger partial charge in [-0.3, -0.25) is 0 Å². The molecule has 0 rings (SSSR count). The van der Waals surface area contributed by atoms with Gasteiger partial charge in [-0.25, -0.2) is 13.6 Å². The number of ether oxygens (including phenoxy) is 1. The van der Waals surface area contributed by atoms with Crippen LogP contribution in [-0.4, -0.2) is 27.4 Å². The van der Waals surface area contributed by atoms with Crippen LogP contribution in [0, 0.1) is 17.8 Å². The Balaban J connectivity index is 4.02. The van der Waals surface area contributed by atoms with E-state index in [1.807, 2.05) is 13.8 Å². The molecule has 17 heavy (non-hydrogen) atoms. The second kappa shape index (κ2) is 8.06. The van der Waals surface area contributed by atoms with Crippen molar-refractivity contribution in [1.29, 1.82) is 0 Å². The zero-order valence-corrected chi connectivity index (χ0v) is 12.3. The zero-order valence-electron chi connectivity index (χ0n) is 11.5. The largest absolute Gasteiger partial charge is 0.381 e. The van der Waals surface area contributed by atoms with Gasteiger partial charge in [-0.1, -0.05) is 34.1 Å². The Bertz CT molecular complexity index is 288. The number of hydrogen-bond acceptors (Lipinski definition) is 3. The van der Waals surface area contributed by atoms with Gasteiger partial charge in [0.15, 0.2) is 0 Å². The van der Waals surface area contributed by atoms with Crippen molar-refractivity contribution in [2.45, 2.75) is 40.5 Å². The highest BCUT2D eigenvalue weighted by Gasteiger charge is 2.19. The first-order valence-corrected chi connectivity index (χ1v) is 8.06. The Hall–Kier alpha value is -0.130. The predicted molar refractivity (Wildman–Crippen MR) is 71.2 cm³/mol. The van der Waals surface area contributed by atoms with Crippen molar-refractivity contribution in [2.24, 2.45) is 22.9 Å². The molecule has 0 aliphatic carbocycles. The van der Waals surface area contributed by atoms with Gasteiger partial charge in [0.1, 0.15) is 0 Å². The lowest BCUT2D eigenvalue weighted by Gasteiger charge is -2.20. The van der Waals surface area contributed by atoms with Crippen molar-refractivity contribution < 1.29 is 13.2 Å². The van der Waals surface area contributed by atoms with Gasteiger partial charge in [-0.2, -0.15) is 0 Å². The monoisotopic (exact) mass is 265 g/mol. The molecule has 5 heteroatoms. The average molecular weight is 265 g/mol. The first-order valence-electron chi connectivity index (χ1n) is 6.34. The fraction of sp³-hybridized carbons (Fsp3) is 1.00. The molecule has 2 unspecified atom stereocenters. The van der Waals surface area contributed by atoms with E-state index in [-0.39, 0.29) is 17.6 Å². The molecule has 0 heterocycles. The maximum absolute atomic E-state index is 11.1. The van der Waals surface area contributed by atoms with Crippen molar-refractivity contribution in [1.82, 2.24) is 0 Å². The van der Waals surface area contributed by atoms with Gasteiger partial charge in [0.05, 0.1) is 12.4 Å². The highest BCUT2D eigenvalue weighted by Crippen LogP contribution is 2.14. The second-order valence-electron chi connectivity index (χ2n) is 5.26. The minimum Gasteiger partial charge on any atom is -0.381 e. The van der Waals surface area contributed by atoms with E-state index in [1.54, 1.807) is 0 Å². The molecule has 4 nitrogen and oxygen atoms in total. The molecule has 0 aromatic carbocycles. The van der Waals surface area contributed by atoms with Gasteiger partial charge in [0.25, 0.3) is 0 Å². The molecule has 2 N–H and O–H groups in total. The number of nitrogens with two attached hydrogens (primary N) is 1. The Morgan fingerprint density at radius 1 is 1.18 bits per heavy atom. The number of sulfonamides is 1. The summed E-state index contributed by atoms with van der Waals surface area (Å²) in [6.07, 6.45) is 2.29. The van der Waals surface area contributed by atoms with Crippen LogP contribution in [0.2, 0.25) is 0 Å². The number of hydrogen-bond donors (Lipinski definition) is 1. The first-order chi connectivity index (χ1) is 7.76. The third-order valence-electron chi connectivity index (χ3n) is 2.90. The van der Waals surface area contributed by atoms with Crippen molar-refractivity contribution in [3.63, 3.8) is 0 Å². The van der Waals surface area contributed by atoms with Crippen molar-refractivity contribution in [3.05, 3.63) is 0 Å². The number of primary sulfonamides is 1. The summed E-state index contributed by atoms with van der Waals surface area (Å²) in [6.45, 7) is 9.45. The highest BCUT2D eigenvalue weighted by atomic mass is 32.2. The summed E-state index contributed by atoms with van der Waals surface area (Å²) in [5.74, 6) is 0.781. The van der Waals surface area contributed by atoms with Gasteiger partial charge in [-0.15, -0.1) is 0 Å². The molecule has 0 aromatic rings. The van der Waals surface area contributed by atoms with Crippen molar-refractivity contribution >= 4 is 10.0 Å².